The molecule has 2 unspecified atom stereocenters. The average Bonchev–Trinajstić information content (AvgIpc) is 3.37. The van der Waals surface area contributed by atoms with E-state index in [0.717, 1.165) is 19.3 Å². The molecule has 0 radical (unpaired) electrons. The Balaban J connectivity index is 1.15. The van der Waals surface area contributed by atoms with Gasteiger partial charge in [-0.25, -0.2) is 0 Å². The summed E-state index contributed by atoms with van der Waals surface area (Å²) in [5.41, 5.74) is 2.38. The van der Waals surface area contributed by atoms with Crippen LogP contribution in [0.2, 0.25) is 0 Å². The third-order valence-corrected chi connectivity index (χ3v) is 6.75. The number of hydrazone groups is 2. The number of carbonyl (C=O) groups is 4. The van der Waals surface area contributed by atoms with Crippen LogP contribution in [-0.4, -0.2) is 34.8 Å². The van der Waals surface area contributed by atoms with Gasteiger partial charge in [0.15, 0.2) is 11.6 Å². The first-order valence-corrected chi connectivity index (χ1v) is 12.8. The molecular weight excluding hydrogens is 468 g/mol. The van der Waals surface area contributed by atoms with Crippen molar-refractivity contribution in [2.24, 2.45) is 22.0 Å². The van der Waals surface area contributed by atoms with Gasteiger partial charge in [0.25, 0.3) is 11.8 Å². The largest absolute Gasteiger partial charge is 0.298 e. The molecule has 4 rings (SSSR count). The molecule has 2 heterocycles. The van der Waals surface area contributed by atoms with Gasteiger partial charge in [0.2, 0.25) is 0 Å². The fourth-order valence-electron chi connectivity index (χ4n) is 4.80. The van der Waals surface area contributed by atoms with Gasteiger partial charge in [-0.1, -0.05) is 55.7 Å². The predicted octanol–water partition coefficient (Wildman–Crippen LogP) is 4.93. The number of Topliss-reactive ketones (excluding diaryl/α,β-unsaturated/α-hetero) is 2. The molecule has 2 aliphatic heterocycles. The number of para-hydroxylation sites is 2. The van der Waals surface area contributed by atoms with E-state index >= 15 is 0 Å². The van der Waals surface area contributed by atoms with Crippen LogP contribution in [-0.2, 0) is 19.2 Å². The van der Waals surface area contributed by atoms with Crippen LogP contribution >= 0.6 is 0 Å². The number of benzene rings is 2. The number of hydrogen-bond acceptors (Lipinski definition) is 6. The summed E-state index contributed by atoms with van der Waals surface area (Å²) in [5, 5.41) is 11.2. The van der Waals surface area contributed by atoms with E-state index < -0.39 is 11.8 Å². The molecule has 0 spiro atoms. The molecule has 0 bridgehead atoms. The Labute approximate surface area is 217 Å². The van der Waals surface area contributed by atoms with Gasteiger partial charge in [0.1, 0.15) is 11.8 Å². The zero-order valence-electron chi connectivity index (χ0n) is 21.3. The second-order valence-electron chi connectivity index (χ2n) is 9.52. The first-order valence-electron chi connectivity index (χ1n) is 12.8. The molecule has 0 aliphatic carbocycles. The van der Waals surface area contributed by atoms with Crippen molar-refractivity contribution < 1.29 is 19.2 Å². The molecule has 2 atom stereocenters. The van der Waals surface area contributed by atoms with Gasteiger partial charge in [-0.3, -0.25) is 19.2 Å². The SMILES string of the molecule is CC1=NN(c2ccccc2)C(=O)C1C(=O)CCCCCCCC(=O)C1C(=O)N(c2ccccc2)N=C1C. The Bertz CT molecular complexity index is 1130. The second-order valence-corrected chi connectivity index (χ2v) is 9.52. The van der Waals surface area contributed by atoms with Crippen LogP contribution in [0.15, 0.2) is 70.9 Å². The number of amides is 2. The lowest BCUT2D eigenvalue weighted by atomic mass is 9.93. The van der Waals surface area contributed by atoms with Crippen LogP contribution in [0.1, 0.15) is 58.8 Å². The lowest BCUT2D eigenvalue weighted by molar-refractivity contribution is -0.130. The van der Waals surface area contributed by atoms with Gasteiger partial charge in [0, 0.05) is 12.8 Å². The fraction of sp³-hybridized carbons (Fsp3) is 0.379. The smallest absolute Gasteiger partial charge is 0.263 e. The van der Waals surface area contributed by atoms with Crippen LogP contribution < -0.4 is 10.0 Å². The van der Waals surface area contributed by atoms with Crippen LogP contribution in [0.3, 0.4) is 0 Å². The summed E-state index contributed by atoms with van der Waals surface area (Å²) < 4.78 is 0. The van der Waals surface area contributed by atoms with Gasteiger partial charge in [-0.05, 0) is 51.0 Å². The molecule has 0 fully saturated rings. The minimum absolute atomic E-state index is 0.0997. The van der Waals surface area contributed by atoms with Crippen molar-refractivity contribution in [3.05, 3.63) is 60.7 Å². The van der Waals surface area contributed by atoms with Gasteiger partial charge in [0.05, 0.1) is 22.8 Å². The van der Waals surface area contributed by atoms with Crippen LogP contribution in [0, 0.1) is 11.8 Å². The molecule has 2 aliphatic rings. The van der Waals surface area contributed by atoms with E-state index in [0.29, 0.717) is 48.5 Å². The highest BCUT2D eigenvalue weighted by atomic mass is 16.2. The fourth-order valence-corrected chi connectivity index (χ4v) is 4.80. The molecule has 192 valence electrons. The standard InChI is InChI=1S/C29H32N4O4/c1-20-26(28(36)32(30-20)22-14-8-6-9-15-22)24(34)18-12-4-3-5-13-19-25(35)27-21(2)31-33(29(27)37)23-16-10-7-11-17-23/h6-11,14-17,26-27H,3-5,12-13,18-19H2,1-2H3. The second kappa shape index (κ2) is 11.9. The first kappa shape index (κ1) is 26.1. The predicted molar refractivity (Wildman–Crippen MR) is 143 cm³/mol. The van der Waals surface area contributed by atoms with E-state index in [9.17, 15) is 19.2 Å². The van der Waals surface area contributed by atoms with Crippen molar-refractivity contribution in [1.82, 2.24) is 0 Å². The topological polar surface area (TPSA) is 99.5 Å². The van der Waals surface area contributed by atoms with Crippen molar-refractivity contribution in [2.45, 2.75) is 58.8 Å². The summed E-state index contributed by atoms with van der Waals surface area (Å²) in [6.45, 7) is 3.45. The lowest BCUT2D eigenvalue weighted by Crippen LogP contribution is -2.32. The van der Waals surface area contributed by atoms with Gasteiger partial charge < -0.3 is 0 Å². The molecule has 8 heteroatoms. The van der Waals surface area contributed by atoms with Crippen LogP contribution in [0.25, 0.3) is 0 Å². The van der Waals surface area contributed by atoms with E-state index in [1.807, 2.05) is 36.4 Å². The van der Waals surface area contributed by atoms with E-state index in [1.54, 1.807) is 38.1 Å². The number of anilines is 2. The zero-order valence-corrected chi connectivity index (χ0v) is 21.3. The molecular formula is C29H32N4O4. The highest BCUT2D eigenvalue weighted by Crippen LogP contribution is 2.27. The summed E-state index contributed by atoms with van der Waals surface area (Å²) in [4.78, 5) is 51.0. The Hall–Kier alpha value is -3.94. The summed E-state index contributed by atoms with van der Waals surface area (Å²) in [6, 6.07) is 18.2. The number of hydrogen-bond donors (Lipinski definition) is 0. The Morgan fingerprint density at radius 3 is 1.35 bits per heavy atom. The van der Waals surface area contributed by atoms with Crippen LogP contribution in [0.5, 0.6) is 0 Å². The Morgan fingerprint density at radius 2 is 0.973 bits per heavy atom. The van der Waals surface area contributed by atoms with Gasteiger partial charge in [-0.2, -0.15) is 20.2 Å². The van der Waals surface area contributed by atoms with Gasteiger partial charge in [-0.15, -0.1) is 0 Å². The number of ketones is 2. The Kier molecular flexibility index (Phi) is 8.38. The van der Waals surface area contributed by atoms with Crippen molar-refractivity contribution in [2.75, 3.05) is 10.0 Å². The van der Waals surface area contributed by atoms with E-state index in [4.69, 9.17) is 0 Å². The molecule has 0 saturated carbocycles. The molecule has 0 N–H and O–H groups in total. The maximum Gasteiger partial charge on any atom is 0.263 e. The minimum atomic E-state index is -0.804. The first-order chi connectivity index (χ1) is 17.9. The summed E-state index contributed by atoms with van der Waals surface area (Å²) in [5.74, 6) is -2.39. The summed E-state index contributed by atoms with van der Waals surface area (Å²) in [7, 11) is 0. The number of unbranched alkanes of at least 4 members (excludes halogenated alkanes) is 4. The van der Waals surface area contributed by atoms with Gasteiger partial charge >= 0.3 is 0 Å². The van der Waals surface area contributed by atoms with Crippen LogP contribution in [0.4, 0.5) is 11.4 Å². The van der Waals surface area contributed by atoms with Crippen molar-refractivity contribution in [3.8, 4) is 0 Å². The maximum atomic E-state index is 12.8. The Morgan fingerprint density at radius 1 is 0.622 bits per heavy atom. The van der Waals surface area contributed by atoms with E-state index in [2.05, 4.69) is 10.2 Å². The molecule has 0 saturated heterocycles. The third-order valence-electron chi connectivity index (χ3n) is 6.75. The highest BCUT2D eigenvalue weighted by Gasteiger charge is 2.40. The number of rotatable bonds is 12. The molecule has 37 heavy (non-hydrogen) atoms. The third kappa shape index (κ3) is 5.90. The lowest BCUT2D eigenvalue weighted by Gasteiger charge is -2.14. The molecule has 8 nitrogen and oxygen atoms in total. The van der Waals surface area contributed by atoms with Crippen molar-refractivity contribution in [3.63, 3.8) is 0 Å². The minimum Gasteiger partial charge on any atom is -0.298 e. The maximum absolute atomic E-state index is 12.8. The zero-order chi connectivity index (χ0) is 26.4. The quantitative estimate of drug-likeness (QED) is 0.305. The summed E-state index contributed by atoms with van der Waals surface area (Å²) in [6.07, 6.45) is 4.58. The van der Waals surface area contributed by atoms with Crippen molar-refractivity contribution in [1.29, 1.82) is 0 Å². The number of nitrogens with zero attached hydrogens (tertiary/aromatic N) is 4. The van der Waals surface area contributed by atoms with Crippen molar-refractivity contribution >= 4 is 46.2 Å². The number of carbonyl (C=O) groups excluding carboxylic acids is 4. The molecule has 2 aromatic rings. The van der Waals surface area contributed by atoms with E-state index in [1.165, 1.54) is 10.0 Å². The monoisotopic (exact) mass is 500 g/mol. The highest BCUT2D eigenvalue weighted by molar-refractivity contribution is 6.27. The molecule has 2 amide bonds. The summed E-state index contributed by atoms with van der Waals surface area (Å²) >= 11 is 0. The normalized spacial score (nSPS) is 19.3. The average molecular weight is 501 g/mol. The molecule has 0 aromatic heterocycles. The molecule has 2 aromatic carbocycles. The van der Waals surface area contributed by atoms with E-state index in [-0.39, 0.29) is 23.4 Å².